The molecule has 0 unspecified atom stereocenters. The van der Waals surface area contributed by atoms with Gasteiger partial charge in [0.25, 0.3) is 5.91 Å². The monoisotopic (exact) mass is 525 g/mol. The molecule has 2 aliphatic heterocycles. The predicted molar refractivity (Wildman–Crippen MR) is 123 cm³/mol. The van der Waals surface area contributed by atoms with Crippen LogP contribution in [-0.2, 0) is 15.1 Å². The normalized spacial score (nSPS) is 29.0. The number of ether oxygens (including phenoxy) is 1. The lowest BCUT2D eigenvalue weighted by Gasteiger charge is -2.31. The van der Waals surface area contributed by atoms with Gasteiger partial charge >= 0.3 is 0 Å². The molecule has 2 heterocycles. The molecule has 0 bridgehead atoms. The minimum absolute atomic E-state index is 0.0930. The Hall–Kier alpha value is -1.29. The van der Waals surface area contributed by atoms with E-state index in [1.807, 2.05) is 55.5 Å². The van der Waals surface area contributed by atoms with Crippen molar-refractivity contribution in [3.05, 3.63) is 57.7 Å². The van der Waals surface area contributed by atoms with Gasteiger partial charge in [-0.05, 0) is 72.4 Å². The standard InChI is InChI=1S/C22H25FINO3Si/c1-14-20(29(2,3)23)19(11-12-26)28-22(14)17-13-15(24)9-10-18(17)25(21(22)27)16-7-5-4-6-8-16/h4-10,13-14,19-20,26H,11-12H2,1-3H3/t14-,19+,20-,22+/m0/s1. The van der Waals surface area contributed by atoms with Gasteiger partial charge in [-0.15, -0.1) is 0 Å². The third-order valence-electron chi connectivity index (χ3n) is 6.26. The Morgan fingerprint density at radius 3 is 2.55 bits per heavy atom. The number of aliphatic hydroxyl groups is 1. The molecule has 2 aromatic rings. The molecule has 154 valence electrons. The lowest BCUT2D eigenvalue weighted by atomic mass is 9.82. The zero-order valence-electron chi connectivity index (χ0n) is 16.7. The fourth-order valence-corrected chi connectivity index (χ4v) is 8.21. The number of carbonyl (C=O) groups is 1. The number of anilines is 2. The number of halogens is 2. The van der Waals surface area contributed by atoms with Crippen molar-refractivity contribution in [1.29, 1.82) is 0 Å². The number of aliphatic hydroxyl groups excluding tert-OH is 1. The Bertz CT molecular complexity index is 935. The highest BCUT2D eigenvalue weighted by Crippen LogP contribution is 2.61. The number of carbonyl (C=O) groups excluding carboxylic acids is 1. The Balaban J connectivity index is 1.92. The van der Waals surface area contributed by atoms with Gasteiger partial charge in [0.1, 0.15) is 0 Å². The van der Waals surface area contributed by atoms with Gasteiger partial charge in [0.05, 0.1) is 11.8 Å². The van der Waals surface area contributed by atoms with Crippen LogP contribution in [0.15, 0.2) is 48.5 Å². The van der Waals surface area contributed by atoms with Crippen LogP contribution in [0.25, 0.3) is 0 Å². The Kier molecular flexibility index (Phi) is 5.38. The summed E-state index contributed by atoms with van der Waals surface area (Å²) in [7, 11) is -3.16. The average molecular weight is 525 g/mol. The number of hydrogen-bond acceptors (Lipinski definition) is 3. The zero-order chi connectivity index (χ0) is 21.0. The van der Waals surface area contributed by atoms with E-state index in [0.29, 0.717) is 6.42 Å². The Labute approximate surface area is 185 Å². The van der Waals surface area contributed by atoms with Crippen LogP contribution in [0, 0.1) is 9.49 Å². The number of hydrogen-bond donors (Lipinski definition) is 1. The van der Waals surface area contributed by atoms with E-state index in [1.54, 1.807) is 18.0 Å². The summed E-state index contributed by atoms with van der Waals surface area (Å²) in [5.74, 6) is -0.499. The van der Waals surface area contributed by atoms with E-state index in [0.717, 1.165) is 20.5 Å². The first kappa shape index (κ1) is 21.0. The van der Waals surface area contributed by atoms with E-state index >= 15 is 4.11 Å². The van der Waals surface area contributed by atoms with Gasteiger partial charge in [0.15, 0.2) is 5.60 Å². The SMILES string of the molecule is C[C@H]1[C@H]([Si](C)(C)F)[C@@H](CCO)O[C@]12C(=O)N(c1ccccc1)c1ccc(I)cc12. The van der Waals surface area contributed by atoms with Gasteiger partial charge in [-0.2, -0.15) is 0 Å². The molecule has 2 aromatic carbocycles. The van der Waals surface area contributed by atoms with E-state index in [-0.39, 0.29) is 24.0 Å². The van der Waals surface area contributed by atoms with Crippen LogP contribution in [0.2, 0.25) is 18.6 Å². The quantitative estimate of drug-likeness (QED) is 0.342. The molecule has 1 N–H and O–H groups in total. The third-order valence-corrected chi connectivity index (χ3v) is 9.39. The van der Waals surface area contributed by atoms with Crippen molar-refractivity contribution < 1.29 is 18.7 Å². The molecule has 0 aromatic heterocycles. The summed E-state index contributed by atoms with van der Waals surface area (Å²) < 4.78 is 22.9. The lowest BCUT2D eigenvalue weighted by Crippen LogP contribution is -2.44. The van der Waals surface area contributed by atoms with Crippen LogP contribution in [0.3, 0.4) is 0 Å². The van der Waals surface area contributed by atoms with Gasteiger partial charge in [-0.25, -0.2) is 0 Å². The van der Waals surface area contributed by atoms with Crippen LogP contribution < -0.4 is 4.90 Å². The number of nitrogens with zero attached hydrogens (tertiary/aromatic N) is 1. The smallest absolute Gasteiger partial charge is 0.268 e. The van der Waals surface area contributed by atoms with Gasteiger partial charge < -0.3 is 14.0 Å². The van der Waals surface area contributed by atoms with E-state index in [2.05, 4.69) is 22.6 Å². The molecule has 0 saturated carbocycles. The molecule has 7 heteroatoms. The Morgan fingerprint density at radius 1 is 1.24 bits per heavy atom. The van der Waals surface area contributed by atoms with E-state index in [4.69, 9.17) is 4.74 Å². The third kappa shape index (κ3) is 3.17. The first-order valence-corrected chi connectivity index (χ1v) is 13.9. The van der Waals surface area contributed by atoms with Crippen molar-refractivity contribution in [3.8, 4) is 0 Å². The van der Waals surface area contributed by atoms with Crippen LogP contribution in [0.4, 0.5) is 15.5 Å². The summed E-state index contributed by atoms with van der Waals surface area (Å²) in [5, 5.41) is 9.58. The maximum absolute atomic E-state index is 15.4. The predicted octanol–water partition coefficient (Wildman–Crippen LogP) is 5.13. The average Bonchev–Trinajstić information content (AvgIpc) is 3.09. The molecular formula is C22H25FINO3Si. The summed E-state index contributed by atoms with van der Waals surface area (Å²) in [4.78, 5) is 15.7. The van der Waals surface area contributed by atoms with Crippen LogP contribution >= 0.6 is 22.6 Å². The molecule has 29 heavy (non-hydrogen) atoms. The Morgan fingerprint density at radius 2 is 1.93 bits per heavy atom. The molecule has 1 fully saturated rings. The van der Waals surface area contributed by atoms with E-state index in [1.165, 1.54) is 0 Å². The van der Waals surface area contributed by atoms with Crippen molar-refractivity contribution >= 4 is 48.3 Å². The maximum Gasteiger partial charge on any atom is 0.268 e. The molecular weight excluding hydrogens is 500 g/mol. The minimum Gasteiger partial charge on any atom is -0.396 e. The topological polar surface area (TPSA) is 49.8 Å². The van der Waals surface area contributed by atoms with Gasteiger partial charge in [-0.3, -0.25) is 9.69 Å². The van der Waals surface area contributed by atoms with Crippen molar-refractivity contribution in [2.45, 2.75) is 43.7 Å². The highest BCUT2D eigenvalue weighted by molar-refractivity contribution is 14.1. The maximum atomic E-state index is 15.4. The molecule has 0 radical (unpaired) electrons. The second-order valence-corrected chi connectivity index (χ2v) is 13.5. The number of amides is 1. The molecule has 2 aliphatic rings. The molecule has 1 amide bonds. The number of para-hydroxylation sites is 1. The zero-order valence-corrected chi connectivity index (χ0v) is 19.9. The number of benzene rings is 2. The molecule has 4 nitrogen and oxygen atoms in total. The van der Waals surface area contributed by atoms with Crippen molar-refractivity contribution in [3.63, 3.8) is 0 Å². The van der Waals surface area contributed by atoms with Crippen LogP contribution in [-0.4, -0.2) is 32.1 Å². The highest BCUT2D eigenvalue weighted by atomic mass is 127. The van der Waals surface area contributed by atoms with Gasteiger partial charge in [-0.1, -0.05) is 25.1 Å². The van der Waals surface area contributed by atoms with Gasteiger partial charge in [0, 0.05) is 32.9 Å². The molecule has 4 rings (SSSR count). The lowest BCUT2D eigenvalue weighted by molar-refractivity contribution is -0.145. The summed E-state index contributed by atoms with van der Waals surface area (Å²) in [6.07, 6.45) is -0.151. The van der Waals surface area contributed by atoms with Crippen molar-refractivity contribution in [2.75, 3.05) is 11.5 Å². The summed E-state index contributed by atoms with van der Waals surface area (Å²) in [5.41, 5.74) is 0.754. The summed E-state index contributed by atoms with van der Waals surface area (Å²) in [6.45, 7) is 5.19. The van der Waals surface area contributed by atoms with E-state index < -0.39 is 20.1 Å². The number of fused-ring (bicyclic) bond motifs is 2. The second kappa shape index (κ2) is 7.44. The molecule has 4 atom stereocenters. The van der Waals surface area contributed by atoms with Crippen molar-refractivity contribution in [1.82, 2.24) is 0 Å². The molecule has 1 spiro atoms. The second-order valence-electron chi connectivity index (χ2n) is 8.42. The fourth-order valence-electron chi connectivity index (χ4n) is 5.18. The summed E-state index contributed by atoms with van der Waals surface area (Å²) >= 11 is 2.23. The molecule has 0 aliphatic carbocycles. The minimum atomic E-state index is -3.16. The van der Waals surface area contributed by atoms with Gasteiger partial charge in [0.2, 0.25) is 8.41 Å². The highest BCUT2D eigenvalue weighted by Gasteiger charge is 2.66. The van der Waals surface area contributed by atoms with Crippen LogP contribution in [0.5, 0.6) is 0 Å². The number of rotatable bonds is 4. The van der Waals surface area contributed by atoms with Crippen molar-refractivity contribution in [2.24, 2.45) is 5.92 Å². The fraction of sp³-hybridized carbons (Fsp3) is 0.409. The first-order valence-electron chi connectivity index (χ1n) is 9.89. The van der Waals surface area contributed by atoms with E-state index in [9.17, 15) is 9.90 Å². The molecule has 1 saturated heterocycles. The first-order chi connectivity index (χ1) is 13.7. The summed E-state index contributed by atoms with van der Waals surface area (Å²) in [6, 6.07) is 15.4. The van der Waals surface area contributed by atoms with Crippen LogP contribution in [0.1, 0.15) is 18.9 Å². The largest absolute Gasteiger partial charge is 0.396 e.